The van der Waals surface area contributed by atoms with E-state index >= 15 is 0 Å². The van der Waals surface area contributed by atoms with Gasteiger partial charge >= 0.3 is 5.97 Å². The summed E-state index contributed by atoms with van der Waals surface area (Å²) in [5.41, 5.74) is 0.440. The van der Waals surface area contributed by atoms with E-state index in [9.17, 15) is 24.8 Å². The van der Waals surface area contributed by atoms with E-state index in [2.05, 4.69) is 10.5 Å². The van der Waals surface area contributed by atoms with Crippen LogP contribution < -0.4 is 5.32 Å². The van der Waals surface area contributed by atoms with E-state index in [1.807, 2.05) is 0 Å². The lowest BCUT2D eigenvalue weighted by Gasteiger charge is -2.17. The second-order valence-corrected chi connectivity index (χ2v) is 7.35. The molecular formula is C20H15Cl2N3O6. The molecule has 0 saturated heterocycles. The van der Waals surface area contributed by atoms with Crippen molar-refractivity contribution in [3.05, 3.63) is 79.5 Å². The van der Waals surface area contributed by atoms with Crippen LogP contribution >= 0.6 is 23.2 Å². The smallest absolute Gasteiger partial charge is 0.305 e. The Morgan fingerprint density at radius 3 is 2.48 bits per heavy atom. The first-order valence-corrected chi connectivity index (χ1v) is 9.62. The first kappa shape index (κ1) is 22.3. The number of nitrogens with one attached hydrogen (secondary N) is 1. The molecule has 1 heterocycles. The zero-order chi connectivity index (χ0) is 22.7. The fourth-order valence-electron chi connectivity index (χ4n) is 3.05. The Bertz CT molecular complexity index is 1160. The van der Waals surface area contributed by atoms with E-state index in [-0.39, 0.29) is 43.9 Å². The van der Waals surface area contributed by atoms with Gasteiger partial charge in [-0.15, -0.1) is 0 Å². The fourth-order valence-corrected chi connectivity index (χ4v) is 3.62. The minimum atomic E-state index is -1.20. The Morgan fingerprint density at radius 2 is 1.87 bits per heavy atom. The third-order valence-corrected chi connectivity index (χ3v) is 5.09. The molecule has 1 atom stereocenters. The number of halogens is 2. The van der Waals surface area contributed by atoms with Crippen LogP contribution in [0, 0.1) is 17.0 Å². The molecule has 0 fully saturated rings. The van der Waals surface area contributed by atoms with Crippen LogP contribution in [0.1, 0.15) is 34.1 Å². The van der Waals surface area contributed by atoms with Crippen LogP contribution in [0.3, 0.4) is 0 Å². The molecule has 3 aromatic rings. The van der Waals surface area contributed by atoms with Gasteiger partial charge in [0.15, 0.2) is 0 Å². The van der Waals surface area contributed by atoms with Gasteiger partial charge < -0.3 is 14.9 Å². The second kappa shape index (κ2) is 9.15. The molecule has 2 aromatic carbocycles. The Balaban J connectivity index is 2.01. The lowest BCUT2D eigenvalue weighted by atomic mass is 10.0. The van der Waals surface area contributed by atoms with Crippen molar-refractivity contribution in [2.75, 3.05) is 0 Å². The predicted octanol–water partition coefficient (Wildman–Crippen LogP) is 4.81. The highest BCUT2D eigenvalue weighted by molar-refractivity contribution is 6.39. The van der Waals surface area contributed by atoms with Gasteiger partial charge in [0, 0.05) is 17.7 Å². The third kappa shape index (κ3) is 4.84. The van der Waals surface area contributed by atoms with Gasteiger partial charge in [-0.3, -0.25) is 19.7 Å². The van der Waals surface area contributed by atoms with Crippen LogP contribution in [0.2, 0.25) is 10.0 Å². The highest BCUT2D eigenvalue weighted by Gasteiger charge is 2.28. The maximum Gasteiger partial charge on any atom is 0.305 e. The van der Waals surface area contributed by atoms with Crippen molar-refractivity contribution in [2.45, 2.75) is 19.4 Å². The zero-order valence-corrected chi connectivity index (χ0v) is 17.5. The van der Waals surface area contributed by atoms with Crippen LogP contribution in [-0.2, 0) is 4.79 Å². The lowest BCUT2D eigenvalue weighted by molar-refractivity contribution is -0.384. The molecule has 1 aromatic heterocycles. The number of aliphatic carboxylic acids is 1. The molecule has 9 nitrogen and oxygen atoms in total. The number of aryl methyl sites for hydroxylation is 1. The fraction of sp³-hybridized carbons (Fsp3) is 0.150. The average Bonchev–Trinajstić information content (AvgIpc) is 3.08. The lowest BCUT2D eigenvalue weighted by Crippen LogP contribution is -2.30. The van der Waals surface area contributed by atoms with Gasteiger partial charge in [-0.05, 0) is 24.6 Å². The molecule has 0 aliphatic rings. The summed E-state index contributed by atoms with van der Waals surface area (Å²) < 4.78 is 5.17. The molecule has 0 radical (unpaired) electrons. The average molecular weight is 464 g/mol. The van der Waals surface area contributed by atoms with Crippen molar-refractivity contribution in [2.24, 2.45) is 0 Å². The molecule has 160 valence electrons. The monoisotopic (exact) mass is 463 g/mol. The number of carboxylic acids is 1. The molecule has 0 saturated carbocycles. The molecule has 0 spiro atoms. The van der Waals surface area contributed by atoms with Crippen molar-refractivity contribution in [3.8, 4) is 11.3 Å². The van der Waals surface area contributed by atoms with Gasteiger partial charge in [0.2, 0.25) is 0 Å². The maximum absolute atomic E-state index is 13.1. The van der Waals surface area contributed by atoms with E-state index in [4.69, 9.17) is 27.7 Å². The Kier molecular flexibility index (Phi) is 6.57. The van der Waals surface area contributed by atoms with Crippen molar-refractivity contribution in [3.63, 3.8) is 0 Å². The molecule has 0 bridgehead atoms. The van der Waals surface area contributed by atoms with Crippen molar-refractivity contribution < 1.29 is 24.1 Å². The number of hydrogen-bond acceptors (Lipinski definition) is 6. The Labute approximate surface area is 185 Å². The van der Waals surface area contributed by atoms with Crippen molar-refractivity contribution >= 4 is 40.8 Å². The quantitative estimate of drug-likeness (QED) is 0.378. The number of nitro groups is 1. The molecular weight excluding hydrogens is 449 g/mol. The first-order chi connectivity index (χ1) is 14.7. The van der Waals surface area contributed by atoms with Crippen molar-refractivity contribution in [1.29, 1.82) is 0 Å². The highest BCUT2D eigenvalue weighted by Crippen LogP contribution is 2.37. The number of rotatable bonds is 7. The number of carbonyl (C=O) groups excluding carboxylic acids is 1. The normalized spacial score (nSPS) is 11.7. The number of nitrogens with zero attached hydrogens (tertiary/aromatic N) is 2. The number of carbonyl (C=O) groups is 2. The highest BCUT2D eigenvalue weighted by atomic mass is 35.5. The number of carboxylic acid groups (broad SMARTS) is 1. The van der Waals surface area contributed by atoms with Crippen LogP contribution in [-0.4, -0.2) is 27.1 Å². The molecule has 2 N–H and O–H groups in total. The summed E-state index contributed by atoms with van der Waals surface area (Å²) in [6, 6.07) is 9.11. The van der Waals surface area contributed by atoms with Gasteiger partial charge in [-0.1, -0.05) is 46.6 Å². The van der Waals surface area contributed by atoms with E-state index < -0.39 is 29.3 Å². The summed E-state index contributed by atoms with van der Waals surface area (Å²) in [4.78, 5) is 34.9. The zero-order valence-electron chi connectivity index (χ0n) is 16.0. The van der Waals surface area contributed by atoms with Crippen LogP contribution in [0.25, 0.3) is 11.3 Å². The molecule has 31 heavy (non-hydrogen) atoms. The minimum absolute atomic E-state index is 0.0239. The molecule has 0 aliphatic carbocycles. The molecule has 3 rings (SSSR count). The van der Waals surface area contributed by atoms with Crippen LogP contribution in [0.5, 0.6) is 0 Å². The van der Waals surface area contributed by atoms with Crippen LogP contribution in [0.4, 0.5) is 5.69 Å². The third-order valence-electron chi connectivity index (χ3n) is 4.46. The molecule has 0 unspecified atom stereocenters. The minimum Gasteiger partial charge on any atom is -0.481 e. The Hall–Kier alpha value is -3.43. The maximum atomic E-state index is 13.1. The van der Waals surface area contributed by atoms with Gasteiger partial charge in [0.25, 0.3) is 11.6 Å². The van der Waals surface area contributed by atoms with Gasteiger partial charge in [-0.25, -0.2) is 0 Å². The van der Waals surface area contributed by atoms with Gasteiger partial charge in [0.05, 0.1) is 27.4 Å². The number of amides is 1. The van der Waals surface area contributed by atoms with Crippen LogP contribution in [0.15, 0.2) is 47.0 Å². The van der Waals surface area contributed by atoms with Gasteiger partial charge in [0.1, 0.15) is 17.0 Å². The summed E-state index contributed by atoms with van der Waals surface area (Å²) in [5, 5.41) is 27.3. The number of aromatic nitrogens is 1. The van der Waals surface area contributed by atoms with E-state index in [1.54, 1.807) is 18.2 Å². The summed E-state index contributed by atoms with van der Waals surface area (Å²) in [5.74, 6) is -1.73. The Morgan fingerprint density at radius 1 is 1.23 bits per heavy atom. The summed E-state index contributed by atoms with van der Waals surface area (Å²) in [6.07, 6.45) is -0.501. The van der Waals surface area contributed by atoms with Crippen molar-refractivity contribution in [1.82, 2.24) is 10.5 Å². The van der Waals surface area contributed by atoms with E-state index in [0.29, 0.717) is 0 Å². The number of nitro benzene ring substituents is 1. The topological polar surface area (TPSA) is 136 Å². The number of hydrogen-bond donors (Lipinski definition) is 2. The van der Waals surface area contributed by atoms with Gasteiger partial charge in [-0.2, -0.15) is 0 Å². The summed E-state index contributed by atoms with van der Waals surface area (Å²) in [6.45, 7) is 1.51. The predicted molar refractivity (Wildman–Crippen MR) is 112 cm³/mol. The summed E-state index contributed by atoms with van der Waals surface area (Å²) in [7, 11) is 0. The largest absolute Gasteiger partial charge is 0.481 e. The molecule has 0 aliphatic heterocycles. The number of benzene rings is 2. The second-order valence-electron chi connectivity index (χ2n) is 6.54. The standard InChI is InChI=1S/C20H15Cl2N3O6/c1-10-17(19(24-31-10)18-13(21)6-3-7-14(18)22)20(28)23-15(9-16(26)27)11-4-2-5-12(8-11)25(29)30/h2-8,15H,9H2,1H3,(H,23,28)(H,26,27)/t15-/m1/s1. The molecule has 11 heteroatoms. The SMILES string of the molecule is Cc1onc(-c2c(Cl)cccc2Cl)c1C(=O)N[C@H](CC(=O)O)c1cccc([N+](=O)[O-])c1. The van der Waals surface area contributed by atoms with E-state index in [0.717, 1.165) is 0 Å². The summed E-state index contributed by atoms with van der Waals surface area (Å²) >= 11 is 12.5. The van der Waals surface area contributed by atoms with E-state index in [1.165, 1.54) is 31.2 Å². The molecule has 1 amide bonds. The first-order valence-electron chi connectivity index (χ1n) is 8.86. The number of non-ortho nitro benzene ring substituents is 1.